The van der Waals surface area contributed by atoms with Crippen LogP contribution in [-0.2, 0) is 40.1 Å². The minimum atomic E-state index is -0.965. The Morgan fingerprint density at radius 3 is 2.24 bits per heavy atom. The molecule has 0 bridgehead atoms. The zero-order valence-corrected chi connectivity index (χ0v) is 28.2. The van der Waals surface area contributed by atoms with Crippen LogP contribution in [0.15, 0.2) is 24.3 Å². The summed E-state index contributed by atoms with van der Waals surface area (Å²) in [6.07, 6.45) is 0.425. The van der Waals surface area contributed by atoms with Crippen molar-refractivity contribution < 1.29 is 38.3 Å². The fraction of sp³-hybridized carbons (Fsp3) is 0.594. The molecule has 2 rings (SSSR count). The molecule has 1 fully saturated rings. The first-order chi connectivity index (χ1) is 21.6. The predicted octanol–water partition coefficient (Wildman–Crippen LogP) is 2.76. The molecule has 1 saturated heterocycles. The van der Waals surface area contributed by atoms with E-state index in [1.54, 1.807) is 52.0 Å². The van der Waals surface area contributed by atoms with Gasteiger partial charge in [-0.05, 0) is 41.7 Å². The van der Waals surface area contributed by atoms with Crippen LogP contribution in [0, 0.1) is 17.8 Å². The van der Waals surface area contributed by atoms with Crippen molar-refractivity contribution in [2.24, 2.45) is 23.5 Å². The van der Waals surface area contributed by atoms with Crippen LogP contribution in [0.4, 0.5) is 10.5 Å². The van der Waals surface area contributed by atoms with Gasteiger partial charge >= 0.3 is 12.0 Å². The maximum absolute atomic E-state index is 13.5. The number of nitrogens with zero attached hydrogens (tertiary/aromatic N) is 1. The quantitative estimate of drug-likeness (QED) is 0.104. The highest BCUT2D eigenvalue weighted by Crippen LogP contribution is 2.28. The summed E-state index contributed by atoms with van der Waals surface area (Å²) in [5.41, 5.74) is 6.35. The smallest absolute Gasteiger partial charge is 0.312 e. The molecular weight excluding hydrogens is 614 g/mol. The Morgan fingerprint density at radius 2 is 1.67 bits per heavy atom. The second-order valence-electron chi connectivity index (χ2n) is 12.2. The van der Waals surface area contributed by atoms with Crippen LogP contribution >= 0.6 is 11.8 Å². The summed E-state index contributed by atoms with van der Waals surface area (Å²) in [4.78, 5) is 88.8. The number of nitrogens with one attached hydrogen (secondary N) is 3. The van der Waals surface area contributed by atoms with E-state index in [1.165, 1.54) is 11.8 Å². The molecule has 1 aliphatic heterocycles. The number of rotatable bonds is 18. The summed E-state index contributed by atoms with van der Waals surface area (Å²) >= 11 is 1.37. The van der Waals surface area contributed by atoms with Crippen LogP contribution in [0.5, 0.6) is 0 Å². The Kier molecular flexibility index (Phi) is 15.2. The molecule has 1 aromatic rings. The van der Waals surface area contributed by atoms with Gasteiger partial charge in [-0.2, -0.15) is 0 Å². The average molecular weight is 662 g/mol. The molecule has 1 aromatic carbocycles. The number of carbonyl (C=O) groups is 7. The second kappa shape index (κ2) is 18.3. The number of anilines is 1. The number of nitrogens with two attached hydrogens (primary N) is 1. The molecule has 3 atom stereocenters. The first-order valence-corrected chi connectivity index (χ1v) is 16.4. The normalized spacial score (nSPS) is 16.0. The first-order valence-electron chi connectivity index (χ1n) is 15.5. The highest BCUT2D eigenvalue weighted by atomic mass is 32.2. The minimum absolute atomic E-state index is 0.0250. The average Bonchev–Trinajstić information content (AvgIpc) is 3.22. The molecule has 0 radical (unpaired) electrons. The summed E-state index contributed by atoms with van der Waals surface area (Å²) < 4.78 is 5.23. The number of thioether (sulfide) groups is 1. The number of benzene rings is 1. The molecular formula is C32H47N5O8S. The van der Waals surface area contributed by atoms with E-state index < -0.39 is 53.4 Å². The van der Waals surface area contributed by atoms with Gasteiger partial charge in [0.1, 0.15) is 13.2 Å². The molecule has 1 unspecified atom stereocenters. The Balaban J connectivity index is 2.08. The van der Waals surface area contributed by atoms with Gasteiger partial charge < -0.3 is 26.4 Å². The van der Waals surface area contributed by atoms with Gasteiger partial charge in [0.05, 0.1) is 17.2 Å². The lowest BCUT2D eigenvalue weighted by molar-refractivity contribution is -0.148. The van der Waals surface area contributed by atoms with E-state index in [4.69, 9.17) is 10.5 Å². The number of urea groups is 1. The Hall–Kier alpha value is -3.94. The molecule has 13 nitrogen and oxygen atoms in total. The maximum Gasteiger partial charge on any atom is 0.312 e. The van der Waals surface area contributed by atoms with Crippen LogP contribution in [0.2, 0.25) is 0 Å². The molecule has 1 aliphatic rings. The lowest BCUT2D eigenvalue weighted by atomic mass is 9.89. The lowest BCUT2D eigenvalue weighted by Gasteiger charge is -2.25. The van der Waals surface area contributed by atoms with E-state index in [1.807, 2.05) is 13.8 Å². The van der Waals surface area contributed by atoms with Crippen molar-refractivity contribution in [1.82, 2.24) is 15.5 Å². The SMILES string of the molecule is CC(C)SC1CC(=O)N(CC(=O)N[C@H](C(=O)C[C@@H](CCCNC(N)=O)C(=O)Nc2ccc(COC(=O)C(C)C)cc2)C(C)C)C1=O. The van der Waals surface area contributed by atoms with Crippen LogP contribution in [0.25, 0.3) is 0 Å². The van der Waals surface area contributed by atoms with Gasteiger partial charge in [0.25, 0.3) is 0 Å². The van der Waals surface area contributed by atoms with Gasteiger partial charge in [-0.25, -0.2) is 4.79 Å². The third-order valence-corrected chi connectivity index (χ3v) is 8.43. The third kappa shape index (κ3) is 12.5. The number of ketones is 1. The Labute approximate surface area is 274 Å². The van der Waals surface area contributed by atoms with Gasteiger partial charge in [-0.15, -0.1) is 11.8 Å². The number of ether oxygens (including phenoxy) is 1. The van der Waals surface area contributed by atoms with E-state index in [0.29, 0.717) is 12.1 Å². The van der Waals surface area contributed by atoms with Gasteiger partial charge in [-0.3, -0.25) is 33.7 Å². The summed E-state index contributed by atoms with van der Waals surface area (Å²) in [6, 6.07) is 5.07. The van der Waals surface area contributed by atoms with Crippen LogP contribution in [-0.4, -0.2) is 75.9 Å². The fourth-order valence-electron chi connectivity index (χ4n) is 4.74. The van der Waals surface area contributed by atoms with Crippen molar-refractivity contribution >= 4 is 58.9 Å². The van der Waals surface area contributed by atoms with Crippen molar-refractivity contribution in [3.8, 4) is 0 Å². The zero-order chi connectivity index (χ0) is 34.6. The highest BCUT2D eigenvalue weighted by Gasteiger charge is 2.40. The van der Waals surface area contributed by atoms with E-state index in [2.05, 4.69) is 16.0 Å². The van der Waals surface area contributed by atoms with Crippen molar-refractivity contribution in [2.45, 2.75) is 90.4 Å². The van der Waals surface area contributed by atoms with Crippen molar-refractivity contribution in [3.63, 3.8) is 0 Å². The van der Waals surface area contributed by atoms with Crippen LogP contribution in [0.1, 0.15) is 72.8 Å². The zero-order valence-electron chi connectivity index (χ0n) is 27.4. The number of Topliss-reactive ketones (excluding diaryl/α,β-unsaturated/α-hetero) is 1. The molecule has 0 spiro atoms. The topological polar surface area (TPSA) is 194 Å². The Bertz CT molecular complexity index is 1270. The number of carbonyl (C=O) groups excluding carboxylic acids is 7. The Morgan fingerprint density at radius 1 is 1.02 bits per heavy atom. The van der Waals surface area contributed by atoms with Gasteiger partial charge in [-0.1, -0.05) is 53.7 Å². The van der Waals surface area contributed by atoms with E-state index in [9.17, 15) is 33.6 Å². The lowest BCUT2D eigenvalue weighted by Crippen LogP contribution is -2.49. The number of imide groups is 1. The van der Waals surface area contributed by atoms with Gasteiger partial charge in [0, 0.05) is 31.0 Å². The summed E-state index contributed by atoms with van der Waals surface area (Å²) in [7, 11) is 0. The first kappa shape index (κ1) is 38.2. The largest absolute Gasteiger partial charge is 0.461 e. The second-order valence-corrected chi connectivity index (χ2v) is 14.0. The van der Waals surface area contributed by atoms with E-state index >= 15 is 0 Å². The molecule has 46 heavy (non-hydrogen) atoms. The molecule has 5 N–H and O–H groups in total. The minimum Gasteiger partial charge on any atom is -0.461 e. The number of likely N-dealkylation sites (tertiary alicyclic amines) is 1. The van der Waals surface area contributed by atoms with Crippen molar-refractivity contribution in [3.05, 3.63) is 29.8 Å². The number of primary amides is 1. The number of hydrogen-bond donors (Lipinski definition) is 4. The molecule has 0 aromatic heterocycles. The third-order valence-electron chi connectivity index (χ3n) is 7.19. The summed E-state index contributed by atoms with van der Waals surface area (Å²) in [5, 5.41) is 7.54. The highest BCUT2D eigenvalue weighted by molar-refractivity contribution is 8.01. The van der Waals surface area contributed by atoms with E-state index in [-0.39, 0.29) is 61.3 Å². The van der Waals surface area contributed by atoms with Crippen molar-refractivity contribution in [2.75, 3.05) is 18.4 Å². The predicted molar refractivity (Wildman–Crippen MR) is 174 cm³/mol. The van der Waals surface area contributed by atoms with Crippen molar-refractivity contribution in [1.29, 1.82) is 0 Å². The summed E-state index contributed by atoms with van der Waals surface area (Å²) in [6.45, 7) is 10.6. The maximum atomic E-state index is 13.5. The van der Waals surface area contributed by atoms with Gasteiger partial charge in [0.15, 0.2) is 5.78 Å². The van der Waals surface area contributed by atoms with Crippen LogP contribution in [0.3, 0.4) is 0 Å². The summed E-state index contributed by atoms with van der Waals surface area (Å²) in [5.74, 6) is -4.03. The molecule has 14 heteroatoms. The molecule has 1 heterocycles. The molecule has 6 amide bonds. The van der Waals surface area contributed by atoms with E-state index in [0.717, 1.165) is 10.5 Å². The fourth-order valence-corrected chi connectivity index (χ4v) is 5.88. The number of hydrogen-bond acceptors (Lipinski definition) is 9. The molecule has 0 aliphatic carbocycles. The number of amides is 6. The number of esters is 1. The molecule has 0 saturated carbocycles. The standard InChI is InChI=1S/C32H47N5O8S/c1-18(2)28(36-26(39)16-37-27(40)15-25(30(37)42)46-20(5)6)24(38)14-22(8-7-13-34-32(33)44)29(41)35-23-11-9-21(10-12-23)17-45-31(43)19(3)4/h9-12,18-20,22,25,28H,7-8,13-17H2,1-6H3,(H,35,41)(H,36,39)(H3,33,34,44)/t22-,25?,28+/m1/s1. The monoisotopic (exact) mass is 661 g/mol. The molecule has 254 valence electrons. The van der Waals surface area contributed by atoms with Gasteiger partial charge in [0.2, 0.25) is 23.6 Å². The van der Waals surface area contributed by atoms with Crippen LogP contribution < -0.4 is 21.7 Å².